The number of aromatic nitrogens is 1. The van der Waals surface area contributed by atoms with Crippen LogP contribution in [0.1, 0.15) is 0 Å². The van der Waals surface area contributed by atoms with Crippen molar-refractivity contribution in [2.24, 2.45) is 7.05 Å². The van der Waals surface area contributed by atoms with Crippen LogP contribution in [-0.4, -0.2) is 9.67 Å². The van der Waals surface area contributed by atoms with Gasteiger partial charge < -0.3 is 15.4 Å². The molecule has 3 aromatic carbocycles. The van der Waals surface area contributed by atoms with E-state index in [1.54, 1.807) is 6.07 Å². The van der Waals surface area contributed by atoms with Crippen LogP contribution >= 0.6 is 0 Å². The second-order valence-corrected chi connectivity index (χ2v) is 5.56. The van der Waals surface area contributed by atoms with E-state index in [0.717, 1.165) is 27.5 Å². The number of phenols is 1. The molecule has 22 heavy (non-hydrogen) atoms. The van der Waals surface area contributed by atoms with Crippen molar-refractivity contribution >= 4 is 27.5 Å². The number of hydrogen-bond acceptors (Lipinski definition) is 2. The Bertz CT molecular complexity index is 1010. The number of aryl methyl sites for hydroxylation is 1. The fourth-order valence-electron chi connectivity index (χ4n) is 3.24. The van der Waals surface area contributed by atoms with Crippen molar-refractivity contribution in [2.45, 2.75) is 0 Å². The number of phenolic OH excluding ortho intramolecular Hbond substituents is 1. The quantitative estimate of drug-likeness (QED) is 0.513. The third-order valence-corrected chi connectivity index (χ3v) is 4.22. The minimum Gasteiger partial charge on any atom is -0.507 e. The summed E-state index contributed by atoms with van der Waals surface area (Å²) in [7, 11) is 2.05. The highest BCUT2D eigenvalue weighted by molar-refractivity contribution is 6.14. The summed E-state index contributed by atoms with van der Waals surface area (Å²) in [6.07, 6.45) is 0. The molecule has 3 heteroatoms. The predicted molar refractivity (Wildman–Crippen MR) is 91.9 cm³/mol. The van der Waals surface area contributed by atoms with Crippen LogP contribution in [0, 0.1) is 0 Å². The first kappa shape index (κ1) is 12.8. The van der Waals surface area contributed by atoms with E-state index in [-0.39, 0.29) is 5.75 Å². The van der Waals surface area contributed by atoms with Gasteiger partial charge in [-0.1, -0.05) is 36.4 Å². The van der Waals surface area contributed by atoms with Crippen molar-refractivity contribution < 1.29 is 5.11 Å². The molecule has 0 radical (unpaired) electrons. The Balaban J connectivity index is 2.22. The molecular weight excluding hydrogens is 272 g/mol. The lowest BCUT2D eigenvalue weighted by molar-refractivity contribution is 0.477. The van der Waals surface area contributed by atoms with Crippen molar-refractivity contribution in [1.29, 1.82) is 0 Å². The van der Waals surface area contributed by atoms with Crippen LogP contribution in [0.5, 0.6) is 5.75 Å². The van der Waals surface area contributed by atoms with Gasteiger partial charge in [-0.3, -0.25) is 0 Å². The van der Waals surface area contributed by atoms with Crippen molar-refractivity contribution in [3.05, 3.63) is 60.7 Å². The van der Waals surface area contributed by atoms with Gasteiger partial charge in [0.2, 0.25) is 0 Å². The van der Waals surface area contributed by atoms with Gasteiger partial charge in [-0.25, -0.2) is 0 Å². The number of anilines is 1. The van der Waals surface area contributed by atoms with Gasteiger partial charge in [-0.05, 0) is 24.3 Å². The highest BCUT2D eigenvalue weighted by atomic mass is 16.3. The zero-order chi connectivity index (χ0) is 15.3. The monoisotopic (exact) mass is 288 g/mol. The molecule has 0 amide bonds. The van der Waals surface area contributed by atoms with Crippen molar-refractivity contribution in [1.82, 2.24) is 4.57 Å². The number of aromatic hydroxyl groups is 1. The highest BCUT2D eigenvalue weighted by Gasteiger charge is 2.15. The smallest absolute Gasteiger partial charge is 0.123 e. The maximum absolute atomic E-state index is 10.2. The molecule has 0 saturated carbocycles. The van der Waals surface area contributed by atoms with E-state index in [9.17, 15) is 5.11 Å². The third-order valence-electron chi connectivity index (χ3n) is 4.22. The summed E-state index contributed by atoms with van der Waals surface area (Å²) in [5, 5.41) is 12.5. The van der Waals surface area contributed by atoms with Crippen molar-refractivity contribution in [3.63, 3.8) is 0 Å². The number of benzene rings is 3. The fourth-order valence-corrected chi connectivity index (χ4v) is 3.24. The second kappa shape index (κ2) is 4.53. The molecule has 4 aromatic rings. The topological polar surface area (TPSA) is 51.2 Å². The Kier molecular flexibility index (Phi) is 2.63. The van der Waals surface area contributed by atoms with Crippen LogP contribution in [0.4, 0.5) is 5.69 Å². The fraction of sp³-hybridized carbons (Fsp3) is 0.0526. The minimum atomic E-state index is 0.264. The molecular formula is C19H16N2O. The number of nitrogens with two attached hydrogens (primary N) is 1. The van der Waals surface area contributed by atoms with E-state index >= 15 is 0 Å². The molecule has 1 heterocycles. The number of nitrogens with zero attached hydrogens (tertiary/aromatic N) is 1. The zero-order valence-electron chi connectivity index (χ0n) is 12.2. The molecule has 0 saturated heterocycles. The van der Waals surface area contributed by atoms with Gasteiger partial charge >= 0.3 is 0 Å². The van der Waals surface area contributed by atoms with Gasteiger partial charge in [0.15, 0.2) is 0 Å². The summed E-state index contributed by atoms with van der Waals surface area (Å²) >= 11 is 0. The third kappa shape index (κ3) is 1.69. The molecule has 4 rings (SSSR count). The molecule has 0 fully saturated rings. The average Bonchev–Trinajstić information content (AvgIpc) is 2.81. The van der Waals surface area contributed by atoms with E-state index in [1.807, 2.05) is 49.5 Å². The van der Waals surface area contributed by atoms with Gasteiger partial charge in [0.1, 0.15) is 5.75 Å². The average molecular weight is 288 g/mol. The number of nitrogen functional groups attached to an aromatic ring is 1. The summed E-state index contributed by atoms with van der Waals surface area (Å²) in [4.78, 5) is 0. The summed E-state index contributed by atoms with van der Waals surface area (Å²) in [6.45, 7) is 0. The molecule has 3 N–H and O–H groups in total. The molecule has 3 nitrogen and oxygen atoms in total. The molecule has 1 aromatic heterocycles. The largest absolute Gasteiger partial charge is 0.507 e. The Morgan fingerprint density at radius 3 is 2.41 bits per heavy atom. The van der Waals surface area contributed by atoms with E-state index in [1.165, 1.54) is 5.39 Å². The van der Waals surface area contributed by atoms with Gasteiger partial charge in [0, 0.05) is 40.2 Å². The summed E-state index contributed by atoms with van der Waals surface area (Å²) in [5.74, 6) is 0.264. The summed E-state index contributed by atoms with van der Waals surface area (Å²) in [5.41, 5.74) is 10.8. The SMILES string of the molecule is Cn1c2ccccc2c2cc(N)cc(-c3ccccc3O)c21. The van der Waals surface area contributed by atoms with Crippen LogP contribution in [0.2, 0.25) is 0 Å². The maximum atomic E-state index is 10.2. The van der Waals surface area contributed by atoms with Gasteiger partial charge in [-0.2, -0.15) is 0 Å². The van der Waals surface area contributed by atoms with Crippen molar-refractivity contribution in [3.8, 4) is 16.9 Å². The van der Waals surface area contributed by atoms with Gasteiger partial charge in [0.05, 0.1) is 5.52 Å². The Morgan fingerprint density at radius 2 is 1.59 bits per heavy atom. The van der Waals surface area contributed by atoms with Gasteiger partial charge in [-0.15, -0.1) is 0 Å². The lowest BCUT2D eigenvalue weighted by Crippen LogP contribution is -1.92. The molecule has 0 unspecified atom stereocenters. The minimum absolute atomic E-state index is 0.264. The number of para-hydroxylation sites is 2. The molecule has 0 bridgehead atoms. The second-order valence-electron chi connectivity index (χ2n) is 5.56. The molecule has 108 valence electrons. The first-order valence-electron chi connectivity index (χ1n) is 7.22. The Hall–Kier alpha value is -2.94. The van der Waals surface area contributed by atoms with Gasteiger partial charge in [0.25, 0.3) is 0 Å². The Morgan fingerprint density at radius 1 is 0.864 bits per heavy atom. The standard InChI is InChI=1S/C19H16N2O/c1-21-17-8-4-2-6-13(17)15-10-12(20)11-16(19(15)21)14-7-3-5-9-18(14)22/h2-11,22H,20H2,1H3. The molecule has 0 aliphatic heterocycles. The molecule has 0 aliphatic carbocycles. The van der Waals surface area contributed by atoms with Crippen LogP contribution < -0.4 is 5.73 Å². The zero-order valence-corrected chi connectivity index (χ0v) is 12.2. The van der Waals surface area contributed by atoms with Crippen LogP contribution in [0.3, 0.4) is 0 Å². The number of fused-ring (bicyclic) bond motifs is 3. The lowest BCUT2D eigenvalue weighted by atomic mass is 10.00. The van der Waals surface area contributed by atoms with Crippen LogP contribution in [0.15, 0.2) is 60.7 Å². The highest BCUT2D eigenvalue weighted by Crippen LogP contribution is 2.39. The van der Waals surface area contributed by atoms with E-state index in [0.29, 0.717) is 5.69 Å². The molecule has 0 atom stereocenters. The predicted octanol–water partition coefficient (Wildman–Crippen LogP) is 4.29. The maximum Gasteiger partial charge on any atom is 0.123 e. The van der Waals surface area contributed by atoms with Crippen LogP contribution in [-0.2, 0) is 7.05 Å². The normalized spacial score (nSPS) is 11.3. The number of hydrogen-bond donors (Lipinski definition) is 2. The van der Waals surface area contributed by atoms with E-state index in [2.05, 4.69) is 16.7 Å². The van der Waals surface area contributed by atoms with Crippen LogP contribution in [0.25, 0.3) is 32.9 Å². The van der Waals surface area contributed by atoms with Crippen molar-refractivity contribution in [2.75, 3.05) is 5.73 Å². The molecule has 0 aliphatic rings. The first-order chi connectivity index (χ1) is 10.7. The first-order valence-corrected chi connectivity index (χ1v) is 7.22. The lowest BCUT2D eigenvalue weighted by Gasteiger charge is -2.10. The van der Waals surface area contributed by atoms with E-state index in [4.69, 9.17) is 5.73 Å². The molecule has 0 spiro atoms. The summed E-state index contributed by atoms with van der Waals surface area (Å²) < 4.78 is 2.16. The van der Waals surface area contributed by atoms with E-state index < -0.39 is 0 Å². The Labute approximate surface area is 128 Å². The number of rotatable bonds is 1. The summed E-state index contributed by atoms with van der Waals surface area (Å²) in [6, 6.07) is 19.6.